The van der Waals surface area contributed by atoms with Crippen LogP contribution in [0.4, 0.5) is 10.5 Å². The van der Waals surface area contributed by atoms with Gasteiger partial charge in [0.25, 0.3) is 5.89 Å². The van der Waals surface area contributed by atoms with Gasteiger partial charge in [-0.3, -0.25) is 4.90 Å². The van der Waals surface area contributed by atoms with Crippen LogP contribution in [0.25, 0.3) is 16.3 Å². The first-order valence-electron chi connectivity index (χ1n) is 10.1. The first-order chi connectivity index (χ1) is 16.0. The number of methoxy groups -OCH3 is 1. The third-order valence-electron chi connectivity index (χ3n) is 5.40. The lowest BCUT2D eigenvalue weighted by Crippen LogP contribution is -2.46. The van der Waals surface area contributed by atoms with E-state index in [2.05, 4.69) is 15.5 Å². The van der Waals surface area contributed by atoms with E-state index < -0.39 is 6.04 Å². The molecule has 0 bridgehead atoms. The van der Waals surface area contributed by atoms with Crippen LogP contribution in [-0.4, -0.2) is 23.3 Å². The molecule has 0 saturated heterocycles. The minimum atomic E-state index is -0.490. The second-order valence-electron chi connectivity index (χ2n) is 7.37. The summed E-state index contributed by atoms with van der Waals surface area (Å²) >= 11 is 7.73. The Morgan fingerprint density at radius 3 is 2.67 bits per heavy atom. The molecule has 33 heavy (non-hydrogen) atoms. The van der Waals surface area contributed by atoms with Gasteiger partial charge in [0.1, 0.15) is 5.75 Å². The second-order valence-corrected chi connectivity index (χ2v) is 8.75. The number of halogens is 1. The van der Waals surface area contributed by atoms with Gasteiger partial charge in [0, 0.05) is 10.7 Å². The summed E-state index contributed by atoms with van der Waals surface area (Å²) in [4.78, 5) is 20.4. The summed E-state index contributed by atoms with van der Waals surface area (Å²) in [6, 6.07) is 17.7. The van der Waals surface area contributed by atoms with Gasteiger partial charge >= 0.3 is 6.03 Å². The van der Waals surface area contributed by atoms with Crippen molar-refractivity contribution in [3.8, 4) is 16.5 Å². The number of aromatic nitrogens is 2. The number of urea groups is 1. The number of thiophene rings is 1. The van der Waals surface area contributed by atoms with Crippen molar-refractivity contribution < 1.29 is 14.1 Å². The summed E-state index contributed by atoms with van der Waals surface area (Å²) < 4.78 is 11.0. The minimum absolute atomic E-state index is 0.280. The van der Waals surface area contributed by atoms with Crippen LogP contribution in [0.2, 0.25) is 5.02 Å². The predicted octanol–water partition coefficient (Wildman–Crippen LogP) is 6.16. The maximum atomic E-state index is 13.2. The number of carbonyl (C=O) groups is 1. The molecule has 2 aromatic carbocycles. The summed E-state index contributed by atoms with van der Waals surface area (Å²) in [6.45, 7) is 1.86. The number of nitrogens with zero attached hydrogens (tertiary/aromatic N) is 3. The molecule has 0 aliphatic carbocycles. The maximum absolute atomic E-state index is 13.2. The fourth-order valence-corrected chi connectivity index (χ4v) is 4.67. The Balaban J connectivity index is 1.65. The Hall–Kier alpha value is -3.62. The summed E-state index contributed by atoms with van der Waals surface area (Å²) in [5.41, 5.74) is 2.87. The van der Waals surface area contributed by atoms with Crippen molar-refractivity contribution in [1.82, 2.24) is 15.5 Å². The van der Waals surface area contributed by atoms with Crippen molar-refractivity contribution in [2.24, 2.45) is 0 Å². The number of hydrogen-bond acceptors (Lipinski definition) is 6. The van der Waals surface area contributed by atoms with Crippen molar-refractivity contribution >= 4 is 40.2 Å². The molecule has 166 valence electrons. The molecule has 0 fully saturated rings. The number of ether oxygens (including phenoxy) is 1. The number of hydrogen-bond donors (Lipinski definition) is 1. The number of carbonyl (C=O) groups excluding carboxylic acids is 1. The molecule has 1 N–H and O–H groups in total. The van der Waals surface area contributed by atoms with Gasteiger partial charge in [0.2, 0.25) is 5.82 Å². The molecular formula is C24H19ClN4O3S. The molecule has 1 unspecified atom stereocenters. The van der Waals surface area contributed by atoms with Gasteiger partial charge in [0.05, 0.1) is 29.3 Å². The van der Waals surface area contributed by atoms with E-state index in [0.717, 1.165) is 16.2 Å². The zero-order valence-corrected chi connectivity index (χ0v) is 19.4. The number of allylic oxidation sites excluding steroid dienone is 1. The van der Waals surface area contributed by atoms with Crippen molar-refractivity contribution in [3.05, 3.63) is 88.2 Å². The normalized spacial score (nSPS) is 16.2. The average molecular weight is 479 g/mol. The molecule has 4 aromatic rings. The van der Waals surface area contributed by atoms with Crippen molar-refractivity contribution in [3.63, 3.8) is 0 Å². The van der Waals surface area contributed by atoms with Crippen LogP contribution in [0.3, 0.4) is 0 Å². The Labute approximate surface area is 199 Å². The van der Waals surface area contributed by atoms with Gasteiger partial charge in [-0.1, -0.05) is 41.0 Å². The highest BCUT2D eigenvalue weighted by Crippen LogP contribution is 2.40. The average Bonchev–Trinajstić information content (AvgIpc) is 3.51. The number of amides is 2. The molecule has 2 aromatic heterocycles. The van der Waals surface area contributed by atoms with E-state index in [4.69, 9.17) is 20.9 Å². The van der Waals surface area contributed by atoms with Crippen LogP contribution in [0, 0.1) is 0 Å². The molecule has 9 heteroatoms. The number of anilines is 1. The molecule has 0 radical (unpaired) electrons. The monoisotopic (exact) mass is 478 g/mol. The fraction of sp³-hybridized carbons (Fsp3) is 0.125. The second kappa shape index (κ2) is 8.73. The molecular weight excluding hydrogens is 460 g/mol. The van der Waals surface area contributed by atoms with Crippen LogP contribution in [0.5, 0.6) is 5.75 Å². The zero-order valence-electron chi connectivity index (χ0n) is 17.8. The Kier molecular flexibility index (Phi) is 5.62. The van der Waals surface area contributed by atoms with Gasteiger partial charge in [-0.05, 0) is 54.3 Å². The zero-order chi connectivity index (χ0) is 22.9. The Morgan fingerprint density at radius 1 is 1.15 bits per heavy atom. The van der Waals surface area contributed by atoms with E-state index in [1.54, 1.807) is 30.2 Å². The van der Waals surface area contributed by atoms with E-state index in [-0.39, 0.29) is 6.03 Å². The van der Waals surface area contributed by atoms with Crippen LogP contribution in [0.1, 0.15) is 24.4 Å². The summed E-state index contributed by atoms with van der Waals surface area (Å²) in [6.07, 6.45) is 0. The van der Waals surface area contributed by atoms with Gasteiger partial charge in [-0.15, -0.1) is 11.3 Å². The highest BCUT2D eigenvalue weighted by Gasteiger charge is 2.36. The predicted molar refractivity (Wildman–Crippen MR) is 128 cm³/mol. The molecule has 7 nitrogen and oxygen atoms in total. The molecule has 1 aliphatic rings. The van der Waals surface area contributed by atoms with Gasteiger partial charge in [-0.25, -0.2) is 4.79 Å². The number of benzene rings is 2. The van der Waals surface area contributed by atoms with E-state index >= 15 is 0 Å². The minimum Gasteiger partial charge on any atom is -0.497 e. The third-order valence-corrected chi connectivity index (χ3v) is 6.50. The van der Waals surface area contributed by atoms with Crippen molar-refractivity contribution in [1.29, 1.82) is 0 Å². The summed E-state index contributed by atoms with van der Waals surface area (Å²) in [5, 5.41) is 9.74. The fourth-order valence-electron chi connectivity index (χ4n) is 3.83. The van der Waals surface area contributed by atoms with Gasteiger partial charge < -0.3 is 14.6 Å². The molecule has 2 amide bonds. The molecule has 3 heterocycles. The lowest BCUT2D eigenvalue weighted by molar-refractivity contribution is 0.244. The smallest absolute Gasteiger partial charge is 0.326 e. The molecule has 0 saturated carbocycles. The first kappa shape index (κ1) is 21.2. The third kappa shape index (κ3) is 3.99. The lowest BCUT2D eigenvalue weighted by Gasteiger charge is -2.35. The summed E-state index contributed by atoms with van der Waals surface area (Å²) in [7, 11) is 1.61. The SMILES string of the molecule is COc1ccc(C2NC(=O)N(c3cccc(Cl)c3)C(C)=C2c2nc(-c3cccs3)no2)cc1. The lowest BCUT2D eigenvalue weighted by atomic mass is 9.94. The van der Waals surface area contributed by atoms with Crippen molar-refractivity contribution in [2.45, 2.75) is 13.0 Å². The highest BCUT2D eigenvalue weighted by molar-refractivity contribution is 7.13. The van der Waals surface area contributed by atoms with Gasteiger partial charge in [-0.2, -0.15) is 4.98 Å². The van der Waals surface area contributed by atoms with Crippen LogP contribution in [-0.2, 0) is 0 Å². The molecule has 1 aliphatic heterocycles. The van der Waals surface area contributed by atoms with Gasteiger partial charge in [0.15, 0.2) is 0 Å². The molecule has 1 atom stereocenters. The number of nitrogens with one attached hydrogen (secondary N) is 1. The van der Waals surface area contributed by atoms with E-state index in [1.165, 1.54) is 11.3 Å². The highest BCUT2D eigenvalue weighted by atomic mass is 35.5. The largest absolute Gasteiger partial charge is 0.497 e. The molecule has 0 spiro atoms. The van der Waals surface area contributed by atoms with E-state index in [1.807, 2.05) is 54.8 Å². The van der Waals surface area contributed by atoms with Crippen LogP contribution < -0.4 is 15.0 Å². The number of rotatable bonds is 5. The Bertz CT molecular complexity index is 1330. The molecule has 5 rings (SSSR count). The van der Waals surface area contributed by atoms with E-state index in [9.17, 15) is 4.79 Å². The standard InChI is InChI=1S/C24H19ClN4O3S/c1-14-20(23-27-22(28-32-23)19-7-4-12-33-19)21(15-8-10-18(31-2)11-9-15)26-24(30)29(14)17-6-3-5-16(25)13-17/h3-13,21H,1-2H3,(H,26,30). The summed E-state index contributed by atoms with van der Waals surface area (Å²) in [5.74, 6) is 1.56. The first-order valence-corrected chi connectivity index (χ1v) is 11.4. The van der Waals surface area contributed by atoms with Crippen LogP contribution >= 0.6 is 22.9 Å². The maximum Gasteiger partial charge on any atom is 0.326 e. The van der Waals surface area contributed by atoms with E-state index in [0.29, 0.717) is 33.7 Å². The topological polar surface area (TPSA) is 80.5 Å². The van der Waals surface area contributed by atoms with Crippen molar-refractivity contribution in [2.75, 3.05) is 12.0 Å². The quantitative estimate of drug-likeness (QED) is 0.371. The Morgan fingerprint density at radius 2 is 1.97 bits per heavy atom. The van der Waals surface area contributed by atoms with Crippen LogP contribution in [0.15, 0.2) is 76.3 Å².